The Bertz CT molecular complexity index is 667. The Morgan fingerprint density at radius 2 is 2.27 bits per heavy atom. The molecule has 1 saturated heterocycles. The van der Waals surface area contributed by atoms with Crippen LogP contribution in [0.15, 0.2) is 24.3 Å². The van der Waals surface area contributed by atoms with E-state index in [0.29, 0.717) is 6.54 Å². The number of hydrogen-bond acceptors (Lipinski definition) is 5. The van der Waals surface area contributed by atoms with Crippen molar-refractivity contribution in [3.63, 3.8) is 0 Å². The Morgan fingerprint density at radius 3 is 3.05 bits per heavy atom. The first-order valence-electron chi connectivity index (χ1n) is 7.16. The van der Waals surface area contributed by atoms with Gasteiger partial charge in [-0.1, -0.05) is 12.1 Å². The van der Waals surface area contributed by atoms with E-state index in [-0.39, 0.29) is 18.6 Å². The normalized spacial score (nSPS) is 17.7. The van der Waals surface area contributed by atoms with Gasteiger partial charge in [-0.3, -0.25) is 4.79 Å². The van der Waals surface area contributed by atoms with Crippen molar-refractivity contribution < 1.29 is 14.3 Å². The molecular formula is C15H17N3O3S. The van der Waals surface area contributed by atoms with Crippen LogP contribution in [0.5, 0.6) is 0 Å². The number of methoxy groups -OCH3 is 1. The molecule has 22 heavy (non-hydrogen) atoms. The molecule has 3 rings (SSSR count). The third kappa shape index (κ3) is 2.89. The second-order valence-electron chi connectivity index (χ2n) is 5.11. The Hall–Kier alpha value is -2.15. The summed E-state index contributed by atoms with van der Waals surface area (Å²) in [4.78, 5) is 29.8. The zero-order valence-electron chi connectivity index (χ0n) is 12.2. The standard InChI is InChI=1S/C15H17N3O3S/c1-21-13(19)9-16-15(20)18-8-4-6-11(18)14-17-10-5-2-3-7-12(10)22-14/h2-3,5,7,11H,4,6,8-9H2,1H3,(H,16,20)/t11-/m1/s1. The SMILES string of the molecule is COC(=O)CNC(=O)N1CCC[C@@H]1c1nc2ccccc2s1. The molecule has 1 fully saturated rings. The van der Waals surface area contributed by atoms with E-state index >= 15 is 0 Å². The lowest BCUT2D eigenvalue weighted by atomic mass is 10.2. The van der Waals surface area contributed by atoms with Gasteiger partial charge in [-0.05, 0) is 25.0 Å². The third-order valence-corrected chi connectivity index (χ3v) is 4.86. The Labute approximate surface area is 132 Å². The van der Waals surface area contributed by atoms with Crippen LogP contribution in [-0.2, 0) is 9.53 Å². The molecule has 2 heterocycles. The molecule has 1 aliphatic rings. The van der Waals surface area contributed by atoms with Crippen molar-refractivity contribution in [2.24, 2.45) is 0 Å². The maximum absolute atomic E-state index is 12.2. The molecule has 0 spiro atoms. The first-order chi connectivity index (χ1) is 10.7. The second kappa shape index (κ2) is 6.31. The number of aromatic nitrogens is 1. The average molecular weight is 319 g/mol. The van der Waals surface area contributed by atoms with Gasteiger partial charge < -0.3 is 15.0 Å². The number of para-hydroxylation sites is 1. The van der Waals surface area contributed by atoms with Crippen LogP contribution in [0.1, 0.15) is 23.9 Å². The van der Waals surface area contributed by atoms with Crippen molar-refractivity contribution in [3.8, 4) is 0 Å². The summed E-state index contributed by atoms with van der Waals surface area (Å²) < 4.78 is 5.66. The van der Waals surface area contributed by atoms with Crippen molar-refractivity contribution in [3.05, 3.63) is 29.3 Å². The highest BCUT2D eigenvalue weighted by Crippen LogP contribution is 2.36. The van der Waals surface area contributed by atoms with Gasteiger partial charge in [-0.15, -0.1) is 11.3 Å². The molecule has 0 aliphatic carbocycles. The van der Waals surface area contributed by atoms with Crippen LogP contribution in [0.3, 0.4) is 0 Å². The third-order valence-electron chi connectivity index (χ3n) is 3.72. The molecule has 7 heteroatoms. The van der Waals surface area contributed by atoms with E-state index < -0.39 is 5.97 Å². The van der Waals surface area contributed by atoms with Crippen LogP contribution < -0.4 is 5.32 Å². The molecule has 2 amide bonds. The summed E-state index contributed by atoms with van der Waals surface area (Å²) in [5, 5.41) is 3.55. The second-order valence-corrected chi connectivity index (χ2v) is 6.17. The number of thiazole rings is 1. The van der Waals surface area contributed by atoms with Crippen LogP contribution in [-0.4, -0.2) is 42.1 Å². The number of amides is 2. The molecule has 0 radical (unpaired) electrons. The number of carbonyl (C=O) groups is 2. The highest BCUT2D eigenvalue weighted by atomic mass is 32.1. The first kappa shape index (κ1) is 14.8. The molecule has 0 unspecified atom stereocenters. The minimum atomic E-state index is -0.455. The maximum atomic E-state index is 12.2. The van der Waals surface area contributed by atoms with Crippen molar-refractivity contribution in [1.82, 2.24) is 15.2 Å². The molecule has 6 nitrogen and oxygen atoms in total. The lowest BCUT2D eigenvalue weighted by Gasteiger charge is -2.23. The van der Waals surface area contributed by atoms with Crippen molar-refractivity contribution in [2.75, 3.05) is 20.2 Å². The van der Waals surface area contributed by atoms with E-state index in [1.165, 1.54) is 7.11 Å². The van der Waals surface area contributed by atoms with Gasteiger partial charge >= 0.3 is 12.0 Å². The molecule has 1 aliphatic heterocycles. The smallest absolute Gasteiger partial charge is 0.325 e. The van der Waals surface area contributed by atoms with Crippen LogP contribution in [0, 0.1) is 0 Å². The molecule has 0 saturated carbocycles. The summed E-state index contributed by atoms with van der Waals surface area (Å²) >= 11 is 1.62. The number of carbonyl (C=O) groups excluding carboxylic acids is 2. The van der Waals surface area contributed by atoms with E-state index in [0.717, 1.165) is 28.1 Å². The number of esters is 1. The van der Waals surface area contributed by atoms with Gasteiger partial charge in [0.05, 0.1) is 23.4 Å². The Morgan fingerprint density at radius 1 is 1.45 bits per heavy atom. The number of urea groups is 1. The van der Waals surface area contributed by atoms with E-state index in [4.69, 9.17) is 0 Å². The number of nitrogens with zero attached hydrogens (tertiary/aromatic N) is 2. The molecular weight excluding hydrogens is 302 g/mol. The van der Waals surface area contributed by atoms with E-state index in [9.17, 15) is 9.59 Å². The van der Waals surface area contributed by atoms with Gasteiger partial charge in [0.1, 0.15) is 11.6 Å². The number of hydrogen-bond donors (Lipinski definition) is 1. The molecule has 1 aromatic heterocycles. The Kier molecular flexibility index (Phi) is 4.24. The highest BCUT2D eigenvalue weighted by Gasteiger charge is 2.32. The summed E-state index contributed by atoms with van der Waals surface area (Å²) in [7, 11) is 1.30. The molecule has 0 bridgehead atoms. The fourth-order valence-corrected chi connectivity index (χ4v) is 3.74. The van der Waals surface area contributed by atoms with Crippen LogP contribution >= 0.6 is 11.3 Å². The quantitative estimate of drug-likeness (QED) is 0.881. The molecule has 1 N–H and O–H groups in total. The summed E-state index contributed by atoms with van der Waals surface area (Å²) in [5.74, 6) is -0.455. The summed E-state index contributed by atoms with van der Waals surface area (Å²) in [5.41, 5.74) is 0.962. The topological polar surface area (TPSA) is 71.5 Å². The number of nitrogens with one attached hydrogen (secondary N) is 1. The fraction of sp³-hybridized carbons (Fsp3) is 0.400. The fourth-order valence-electron chi connectivity index (χ4n) is 2.62. The van der Waals surface area contributed by atoms with E-state index in [1.54, 1.807) is 16.2 Å². The average Bonchev–Trinajstić information content (AvgIpc) is 3.17. The summed E-state index contributed by atoms with van der Waals surface area (Å²) in [6.07, 6.45) is 1.83. The van der Waals surface area contributed by atoms with Gasteiger partial charge in [-0.25, -0.2) is 9.78 Å². The molecule has 2 aromatic rings. The molecule has 116 valence electrons. The van der Waals surface area contributed by atoms with Gasteiger partial charge in [-0.2, -0.15) is 0 Å². The zero-order chi connectivity index (χ0) is 15.5. The number of benzene rings is 1. The van der Waals surface area contributed by atoms with Crippen LogP contribution in [0.2, 0.25) is 0 Å². The van der Waals surface area contributed by atoms with Gasteiger partial charge in [0.2, 0.25) is 0 Å². The monoisotopic (exact) mass is 319 g/mol. The molecule has 1 aromatic carbocycles. The zero-order valence-corrected chi connectivity index (χ0v) is 13.1. The van der Waals surface area contributed by atoms with E-state index in [1.807, 2.05) is 24.3 Å². The van der Waals surface area contributed by atoms with Crippen LogP contribution in [0.25, 0.3) is 10.2 Å². The van der Waals surface area contributed by atoms with Crippen molar-refractivity contribution in [1.29, 1.82) is 0 Å². The largest absolute Gasteiger partial charge is 0.468 e. The van der Waals surface area contributed by atoms with Crippen molar-refractivity contribution in [2.45, 2.75) is 18.9 Å². The Balaban J connectivity index is 1.75. The lowest BCUT2D eigenvalue weighted by molar-refractivity contribution is -0.139. The predicted molar refractivity (Wildman–Crippen MR) is 83.7 cm³/mol. The van der Waals surface area contributed by atoms with Gasteiger partial charge in [0, 0.05) is 6.54 Å². The summed E-state index contributed by atoms with van der Waals surface area (Å²) in [6, 6.07) is 7.70. The minimum Gasteiger partial charge on any atom is -0.468 e. The van der Waals surface area contributed by atoms with E-state index in [2.05, 4.69) is 15.0 Å². The highest BCUT2D eigenvalue weighted by molar-refractivity contribution is 7.18. The molecule has 1 atom stereocenters. The predicted octanol–water partition coefficient (Wildman–Crippen LogP) is 2.32. The minimum absolute atomic E-state index is 0.0185. The number of ether oxygens (including phenoxy) is 1. The number of likely N-dealkylation sites (tertiary alicyclic amines) is 1. The maximum Gasteiger partial charge on any atom is 0.325 e. The number of fused-ring (bicyclic) bond motifs is 1. The number of rotatable bonds is 3. The first-order valence-corrected chi connectivity index (χ1v) is 7.97. The van der Waals surface area contributed by atoms with Crippen LogP contribution in [0.4, 0.5) is 4.79 Å². The van der Waals surface area contributed by atoms with Crippen molar-refractivity contribution >= 4 is 33.6 Å². The lowest BCUT2D eigenvalue weighted by Crippen LogP contribution is -2.41. The van der Waals surface area contributed by atoms with Gasteiger partial charge in [0.15, 0.2) is 0 Å². The van der Waals surface area contributed by atoms with Gasteiger partial charge in [0.25, 0.3) is 0 Å². The summed E-state index contributed by atoms with van der Waals surface area (Å²) in [6.45, 7) is 0.562.